The Morgan fingerprint density at radius 1 is 1.06 bits per heavy atom. The second-order valence-corrected chi connectivity index (χ2v) is 4.98. The molecule has 2 aromatic rings. The first kappa shape index (κ1) is 13.3. The second kappa shape index (κ2) is 5.70. The normalized spacial score (nSPS) is 12.4. The van der Waals surface area contributed by atoms with Crippen LogP contribution < -0.4 is 5.73 Å². The van der Waals surface area contributed by atoms with Crippen LogP contribution in [0.15, 0.2) is 42.5 Å². The zero-order valence-corrected chi connectivity index (χ0v) is 11.0. The Bertz CT molecular complexity index is 557. The summed E-state index contributed by atoms with van der Waals surface area (Å²) in [5, 5.41) is 1.12. The Kier molecular flexibility index (Phi) is 4.23. The Labute approximate surface area is 115 Å². The van der Waals surface area contributed by atoms with Gasteiger partial charge in [0.15, 0.2) is 0 Å². The molecule has 0 spiro atoms. The highest BCUT2D eigenvalue weighted by atomic mass is 35.5. The molecule has 0 bridgehead atoms. The van der Waals surface area contributed by atoms with Gasteiger partial charge in [-0.05, 0) is 42.3 Å². The zero-order chi connectivity index (χ0) is 13.1. The Balaban J connectivity index is 2.21. The summed E-state index contributed by atoms with van der Waals surface area (Å²) in [5.41, 5.74) is 7.39. The van der Waals surface area contributed by atoms with Gasteiger partial charge in [0.05, 0.1) is 0 Å². The topological polar surface area (TPSA) is 26.0 Å². The highest BCUT2D eigenvalue weighted by Crippen LogP contribution is 2.23. The van der Waals surface area contributed by atoms with Gasteiger partial charge < -0.3 is 5.73 Å². The summed E-state index contributed by atoms with van der Waals surface area (Å²) >= 11 is 11.7. The van der Waals surface area contributed by atoms with E-state index in [4.69, 9.17) is 28.9 Å². The molecule has 0 aliphatic heterocycles. The third kappa shape index (κ3) is 3.22. The van der Waals surface area contributed by atoms with Crippen LogP contribution in [0.5, 0.6) is 0 Å². The lowest BCUT2D eigenvalue weighted by Gasteiger charge is -2.13. The fourth-order valence-electron chi connectivity index (χ4n) is 1.83. The minimum Gasteiger partial charge on any atom is -0.324 e. The number of benzene rings is 2. The molecule has 0 aliphatic carbocycles. The maximum Gasteiger partial charge on any atom is 0.128 e. The van der Waals surface area contributed by atoms with Crippen LogP contribution in [-0.4, -0.2) is 0 Å². The molecule has 1 unspecified atom stereocenters. The summed E-state index contributed by atoms with van der Waals surface area (Å²) in [6.45, 7) is 0. The molecule has 4 heteroatoms. The van der Waals surface area contributed by atoms with E-state index in [1.807, 2.05) is 18.2 Å². The van der Waals surface area contributed by atoms with Gasteiger partial charge in [-0.15, -0.1) is 0 Å². The highest BCUT2D eigenvalue weighted by molar-refractivity contribution is 6.30. The number of halogens is 3. The third-order valence-corrected chi connectivity index (χ3v) is 3.17. The van der Waals surface area contributed by atoms with Crippen molar-refractivity contribution < 1.29 is 4.39 Å². The molecule has 2 rings (SSSR count). The van der Waals surface area contributed by atoms with Gasteiger partial charge in [0.2, 0.25) is 0 Å². The molecule has 1 nitrogen and oxygen atoms in total. The molecule has 1 atom stereocenters. The van der Waals surface area contributed by atoms with Crippen molar-refractivity contribution in [2.24, 2.45) is 5.73 Å². The molecule has 0 saturated carbocycles. The molecule has 2 N–H and O–H groups in total. The van der Waals surface area contributed by atoms with Gasteiger partial charge in [0.1, 0.15) is 5.82 Å². The average Bonchev–Trinajstić information content (AvgIpc) is 2.32. The van der Waals surface area contributed by atoms with E-state index < -0.39 is 6.04 Å². The molecular formula is C14H12Cl2FN. The minimum absolute atomic E-state index is 0.339. The van der Waals surface area contributed by atoms with Gasteiger partial charge in [-0.1, -0.05) is 35.3 Å². The molecule has 0 heterocycles. The first-order chi connectivity index (χ1) is 8.56. The quantitative estimate of drug-likeness (QED) is 0.889. The largest absolute Gasteiger partial charge is 0.324 e. The number of hydrogen-bond donors (Lipinski definition) is 1. The van der Waals surface area contributed by atoms with Crippen LogP contribution >= 0.6 is 23.2 Å². The van der Waals surface area contributed by atoms with Crippen LogP contribution in [-0.2, 0) is 6.42 Å². The van der Waals surface area contributed by atoms with Crippen molar-refractivity contribution in [3.8, 4) is 0 Å². The van der Waals surface area contributed by atoms with Crippen molar-refractivity contribution in [1.29, 1.82) is 0 Å². The fraction of sp³-hybridized carbons (Fsp3) is 0.143. The standard InChI is InChI=1S/C14H12Cl2FN/c15-10-3-1-2-9(6-10)7-14(18)12-8-11(16)4-5-13(12)17/h1-6,8,14H,7,18H2. The number of nitrogens with two attached hydrogens (primary N) is 1. The Morgan fingerprint density at radius 2 is 1.78 bits per heavy atom. The van der Waals surface area contributed by atoms with Crippen molar-refractivity contribution in [3.05, 3.63) is 69.5 Å². The van der Waals surface area contributed by atoms with Crippen molar-refractivity contribution in [2.75, 3.05) is 0 Å². The van der Waals surface area contributed by atoms with Gasteiger partial charge in [-0.3, -0.25) is 0 Å². The lowest BCUT2D eigenvalue weighted by Crippen LogP contribution is -2.15. The molecule has 0 aromatic heterocycles. The van der Waals surface area contributed by atoms with E-state index in [1.54, 1.807) is 12.1 Å². The summed E-state index contributed by atoms with van der Waals surface area (Å²) in [4.78, 5) is 0. The van der Waals surface area contributed by atoms with Crippen LogP contribution in [0, 0.1) is 5.82 Å². The van der Waals surface area contributed by atoms with Gasteiger partial charge in [0, 0.05) is 21.7 Å². The van der Waals surface area contributed by atoms with Crippen LogP contribution in [0.1, 0.15) is 17.2 Å². The molecule has 0 saturated heterocycles. The highest BCUT2D eigenvalue weighted by Gasteiger charge is 2.12. The van der Waals surface area contributed by atoms with Crippen LogP contribution in [0.4, 0.5) is 4.39 Å². The maximum absolute atomic E-state index is 13.6. The van der Waals surface area contributed by atoms with E-state index in [0.717, 1.165) is 5.56 Å². The molecule has 0 amide bonds. The maximum atomic E-state index is 13.6. The van der Waals surface area contributed by atoms with Gasteiger partial charge >= 0.3 is 0 Å². The van der Waals surface area contributed by atoms with Crippen molar-refractivity contribution >= 4 is 23.2 Å². The van der Waals surface area contributed by atoms with E-state index in [1.165, 1.54) is 12.1 Å². The predicted octanol–water partition coefficient (Wildman–Crippen LogP) is 4.38. The summed E-state index contributed by atoms with van der Waals surface area (Å²) in [5.74, 6) is -0.339. The summed E-state index contributed by atoms with van der Waals surface area (Å²) < 4.78 is 13.6. The molecule has 94 valence electrons. The minimum atomic E-state index is -0.442. The Hall–Kier alpha value is -1.09. The number of hydrogen-bond acceptors (Lipinski definition) is 1. The van der Waals surface area contributed by atoms with Gasteiger partial charge in [-0.2, -0.15) is 0 Å². The first-order valence-electron chi connectivity index (χ1n) is 5.51. The lowest BCUT2D eigenvalue weighted by atomic mass is 9.99. The smallest absolute Gasteiger partial charge is 0.128 e. The van der Waals surface area contributed by atoms with E-state index in [0.29, 0.717) is 22.0 Å². The van der Waals surface area contributed by atoms with Gasteiger partial charge in [-0.25, -0.2) is 4.39 Å². The molecule has 0 radical (unpaired) electrons. The van der Waals surface area contributed by atoms with E-state index >= 15 is 0 Å². The van der Waals surface area contributed by atoms with Crippen molar-refractivity contribution in [1.82, 2.24) is 0 Å². The first-order valence-corrected chi connectivity index (χ1v) is 6.27. The number of rotatable bonds is 3. The summed E-state index contributed by atoms with van der Waals surface area (Å²) in [7, 11) is 0. The third-order valence-electron chi connectivity index (χ3n) is 2.70. The SMILES string of the molecule is NC(Cc1cccc(Cl)c1)c1cc(Cl)ccc1F. The summed E-state index contributed by atoms with van der Waals surface area (Å²) in [6.07, 6.45) is 0.512. The summed E-state index contributed by atoms with van der Waals surface area (Å²) in [6, 6.07) is 11.3. The second-order valence-electron chi connectivity index (χ2n) is 4.11. The molecular weight excluding hydrogens is 272 g/mol. The molecule has 0 aliphatic rings. The Morgan fingerprint density at radius 3 is 2.50 bits per heavy atom. The van der Waals surface area contributed by atoms with Crippen molar-refractivity contribution in [2.45, 2.75) is 12.5 Å². The van der Waals surface area contributed by atoms with Crippen molar-refractivity contribution in [3.63, 3.8) is 0 Å². The predicted molar refractivity (Wildman–Crippen MR) is 73.5 cm³/mol. The van der Waals surface area contributed by atoms with Crippen LogP contribution in [0.25, 0.3) is 0 Å². The van der Waals surface area contributed by atoms with Gasteiger partial charge in [0.25, 0.3) is 0 Å². The monoisotopic (exact) mass is 283 g/mol. The lowest BCUT2D eigenvalue weighted by molar-refractivity contribution is 0.580. The van der Waals surface area contributed by atoms with Crippen LogP contribution in [0.2, 0.25) is 10.0 Å². The zero-order valence-electron chi connectivity index (χ0n) is 9.54. The fourth-order valence-corrected chi connectivity index (χ4v) is 2.22. The van der Waals surface area contributed by atoms with Crippen LogP contribution in [0.3, 0.4) is 0 Å². The molecule has 18 heavy (non-hydrogen) atoms. The van der Waals surface area contributed by atoms with E-state index in [-0.39, 0.29) is 5.82 Å². The molecule has 0 fully saturated rings. The average molecular weight is 284 g/mol. The van der Waals surface area contributed by atoms with E-state index in [9.17, 15) is 4.39 Å². The van der Waals surface area contributed by atoms with E-state index in [2.05, 4.69) is 0 Å². The molecule has 2 aromatic carbocycles.